The molecule has 0 amide bonds. The van der Waals surface area contributed by atoms with E-state index in [0.717, 1.165) is 0 Å². The number of alkyl halides is 3. The maximum Gasteiger partial charge on any atom is 0.433 e. The molecule has 2 unspecified atom stereocenters. The maximum atomic E-state index is 12.6. The molecule has 1 aromatic heterocycles. The third-order valence-electron chi connectivity index (χ3n) is 2.28. The fraction of sp³-hybridized carbons (Fsp3) is 0.556. The van der Waals surface area contributed by atoms with E-state index in [1.54, 1.807) is 0 Å². The second-order valence-electron chi connectivity index (χ2n) is 3.58. The molecule has 0 radical (unpaired) electrons. The fourth-order valence-electron chi connectivity index (χ4n) is 1.43. The molecule has 0 aliphatic rings. The number of nitrogens with zero attached hydrogens (tertiary/aromatic N) is 1. The van der Waals surface area contributed by atoms with Crippen LogP contribution in [0, 0.1) is 0 Å². The minimum Gasteiger partial charge on any atom is -0.390 e. The smallest absolute Gasteiger partial charge is 0.390 e. The van der Waals surface area contributed by atoms with E-state index in [-0.39, 0.29) is 13.0 Å². The molecular formula is C9H12F3N3O3. The van der Waals surface area contributed by atoms with Crippen LogP contribution in [0.1, 0.15) is 23.8 Å². The van der Waals surface area contributed by atoms with Crippen molar-refractivity contribution in [3.8, 4) is 0 Å². The van der Waals surface area contributed by atoms with Crippen molar-refractivity contribution < 1.29 is 23.4 Å². The van der Waals surface area contributed by atoms with Gasteiger partial charge in [0.15, 0.2) is 5.69 Å². The van der Waals surface area contributed by atoms with Crippen LogP contribution in [0.3, 0.4) is 0 Å². The highest BCUT2D eigenvalue weighted by Crippen LogP contribution is 2.32. The lowest BCUT2D eigenvalue weighted by molar-refractivity contribution is -0.143. The van der Waals surface area contributed by atoms with Crippen LogP contribution >= 0.6 is 0 Å². The minimum atomic E-state index is -4.90. The van der Waals surface area contributed by atoms with Crippen LogP contribution in [0.4, 0.5) is 13.2 Å². The number of aliphatic hydroxyl groups excluding tert-OH is 2. The molecule has 0 aromatic carbocycles. The molecule has 0 saturated carbocycles. The number of nitrogens with one attached hydrogen (secondary N) is 1. The topological polar surface area (TPSA) is 112 Å². The molecule has 0 spiro atoms. The van der Waals surface area contributed by atoms with E-state index in [0.29, 0.717) is 6.33 Å². The van der Waals surface area contributed by atoms with E-state index in [4.69, 9.17) is 5.73 Å². The van der Waals surface area contributed by atoms with E-state index < -0.39 is 35.2 Å². The molecule has 5 N–H and O–H groups in total. The molecule has 0 fully saturated rings. The molecule has 1 rings (SSSR count). The standard InChI is InChI=1S/C9H12F3N3O3/c10-9(11,12)7-5(8(18)15-3-14-7)6(17)4(16)1-2-13/h3-4,6,16-17H,1-2,13H2,(H,14,15,18). The van der Waals surface area contributed by atoms with Crippen molar-refractivity contribution in [2.75, 3.05) is 6.54 Å². The van der Waals surface area contributed by atoms with Gasteiger partial charge in [-0.15, -0.1) is 0 Å². The van der Waals surface area contributed by atoms with Gasteiger partial charge in [-0.05, 0) is 13.0 Å². The number of aromatic amines is 1. The summed E-state index contributed by atoms with van der Waals surface area (Å²) in [6.07, 6.45) is -8.03. The first kappa shape index (κ1) is 14.6. The van der Waals surface area contributed by atoms with Crippen LogP contribution in [-0.4, -0.2) is 32.8 Å². The van der Waals surface area contributed by atoms with Gasteiger partial charge in [-0.25, -0.2) is 4.98 Å². The monoisotopic (exact) mass is 267 g/mol. The van der Waals surface area contributed by atoms with Crippen LogP contribution in [-0.2, 0) is 6.18 Å². The van der Waals surface area contributed by atoms with Gasteiger partial charge in [0.05, 0.1) is 18.0 Å². The van der Waals surface area contributed by atoms with Crippen LogP contribution in [0.5, 0.6) is 0 Å². The molecule has 102 valence electrons. The van der Waals surface area contributed by atoms with Gasteiger partial charge in [-0.3, -0.25) is 4.79 Å². The van der Waals surface area contributed by atoms with E-state index in [1.165, 1.54) is 0 Å². The second kappa shape index (κ2) is 5.46. The summed E-state index contributed by atoms with van der Waals surface area (Å²) in [5.74, 6) is 0. The Morgan fingerprint density at radius 3 is 2.56 bits per heavy atom. The highest BCUT2D eigenvalue weighted by Gasteiger charge is 2.39. The molecule has 18 heavy (non-hydrogen) atoms. The quantitative estimate of drug-likeness (QED) is 0.589. The lowest BCUT2D eigenvalue weighted by Crippen LogP contribution is -2.31. The van der Waals surface area contributed by atoms with Crippen LogP contribution < -0.4 is 11.3 Å². The number of aliphatic hydroxyl groups is 2. The van der Waals surface area contributed by atoms with Gasteiger partial charge in [0.1, 0.15) is 6.10 Å². The van der Waals surface area contributed by atoms with Gasteiger partial charge >= 0.3 is 6.18 Å². The number of hydrogen-bond donors (Lipinski definition) is 4. The van der Waals surface area contributed by atoms with Crippen LogP contribution in [0.25, 0.3) is 0 Å². The molecule has 1 heterocycles. The van der Waals surface area contributed by atoms with E-state index >= 15 is 0 Å². The Balaban J connectivity index is 3.26. The summed E-state index contributed by atoms with van der Waals surface area (Å²) in [6, 6.07) is 0. The van der Waals surface area contributed by atoms with Crippen molar-refractivity contribution in [1.82, 2.24) is 9.97 Å². The van der Waals surface area contributed by atoms with Gasteiger partial charge in [0.2, 0.25) is 0 Å². The molecule has 6 nitrogen and oxygen atoms in total. The molecule has 0 bridgehead atoms. The third-order valence-corrected chi connectivity index (χ3v) is 2.28. The van der Waals surface area contributed by atoms with Crippen molar-refractivity contribution in [3.63, 3.8) is 0 Å². The van der Waals surface area contributed by atoms with Crippen molar-refractivity contribution in [3.05, 3.63) is 27.9 Å². The zero-order valence-corrected chi connectivity index (χ0v) is 9.11. The first-order chi connectivity index (χ1) is 8.29. The molecule has 9 heteroatoms. The second-order valence-corrected chi connectivity index (χ2v) is 3.58. The summed E-state index contributed by atoms with van der Waals surface area (Å²) in [4.78, 5) is 16.3. The Hall–Kier alpha value is -1.45. The highest BCUT2D eigenvalue weighted by atomic mass is 19.4. The first-order valence-electron chi connectivity index (χ1n) is 5.00. The van der Waals surface area contributed by atoms with Gasteiger partial charge in [-0.2, -0.15) is 13.2 Å². The number of nitrogens with two attached hydrogens (primary N) is 1. The maximum absolute atomic E-state index is 12.6. The van der Waals surface area contributed by atoms with Crippen molar-refractivity contribution >= 4 is 0 Å². The fourth-order valence-corrected chi connectivity index (χ4v) is 1.43. The predicted molar refractivity (Wildman–Crippen MR) is 54.5 cm³/mol. The summed E-state index contributed by atoms with van der Waals surface area (Å²) in [6.45, 7) is -0.0439. The zero-order chi connectivity index (χ0) is 13.9. The summed E-state index contributed by atoms with van der Waals surface area (Å²) in [5.41, 5.74) is 1.43. The van der Waals surface area contributed by atoms with E-state index in [9.17, 15) is 28.2 Å². The van der Waals surface area contributed by atoms with Gasteiger partial charge in [0, 0.05) is 0 Å². The Morgan fingerprint density at radius 2 is 2.06 bits per heavy atom. The Morgan fingerprint density at radius 1 is 1.44 bits per heavy atom. The Kier molecular flexibility index (Phi) is 4.43. The molecule has 0 saturated heterocycles. The highest BCUT2D eigenvalue weighted by molar-refractivity contribution is 5.22. The summed E-state index contributed by atoms with van der Waals surface area (Å²) < 4.78 is 37.8. The summed E-state index contributed by atoms with van der Waals surface area (Å²) in [5, 5.41) is 19.0. The molecular weight excluding hydrogens is 255 g/mol. The summed E-state index contributed by atoms with van der Waals surface area (Å²) >= 11 is 0. The lowest BCUT2D eigenvalue weighted by Gasteiger charge is -2.19. The van der Waals surface area contributed by atoms with Gasteiger partial charge in [0.25, 0.3) is 5.56 Å². The average Bonchev–Trinajstić information content (AvgIpc) is 2.27. The predicted octanol–water partition coefficient (Wildman–Crippen LogP) is -0.468. The lowest BCUT2D eigenvalue weighted by atomic mass is 10.0. The summed E-state index contributed by atoms with van der Waals surface area (Å²) in [7, 11) is 0. The van der Waals surface area contributed by atoms with E-state index in [2.05, 4.69) is 4.98 Å². The minimum absolute atomic E-state index is 0.0439. The average molecular weight is 267 g/mol. The Labute approximate surface area is 99.3 Å². The van der Waals surface area contributed by atoms with Crippen molar-refractivity contribution in [2.45, 2.75) is 24.8 Å². The number of aromatic nitrogens is 2. The number of hydrogen-bond acceptors (Lipinski definition) is 5. The third kappa shape index (κ3) is 3.06. The largest absolute Gasteiger partial charge is 0.433 e. The Bertz CT molecular complexity index is 460. The van der Waals surface area contributed by atoms with E-state index in [1.807, 2.05) is 4.98 Å². The number of halogens is 3. The first-order valence-corrected chi connectivity index (χ1v) is 5.00. The normalized spacial score (nSPS) is 15.4. The van der Waals surface area contributed by atoms with Crippen molar-refractivity contribution in [2.24, 2.45) is 5.73 Å². The van der Waals surface area contributed by atoms with Crippen molar-refractivity contribution in [1.29, 1.82) is 0 Å². The van der Waals surface area contributed by atoms with Crippen LogP contribution in [0.15, 0.2) is 11.1 Å². The zero-order valence-electron chi connectivity index (χ0n) is 9.11. The number of H-pyrrole nitrogens is 1. The molecule has 0 aliphatic heterocycles. The molecule has 1 aromatic rings. The van der Waals surface area contributed by atoms with Gasteiger partial charge < -0.3 is 20.9 Å². The van der Waals surface area contributed by atoms with Crippen LogP contribution in [0.2, 0.25) is 0 Å². The SMILES string of the molecule is NCCC(O)C(O)c1c(C(F)(F)F)nc[nH]c1=O. The molecule has 2 atom stereocenters. The molecule has 0 aliphatic carbocycles. The number of rotatable bonds is 4. The van der Waals surface area contributed by atoms with Gasteiger partial charge in [-0.1, -0.05) is 0 Å².